The predicted molar refractivity (Wildman–Crippen MR) is 209 cm³/mol. The second-order valence-corrected chi connectivity index (χ2v) is 12.7. The van der Waals surface area contributed by atoms with E-state index < -0.39 is 0 Å². The van der Waals surface area contributed by atoms with Gasteiger partial charge in [0.05, 0.1) is 11.0 Å². The van der Waals surface area contributed by atoms with E-state index in [1.807, 2.05) is 91.0 Å². The van der Waals surface area contributed by atoms with Crippen molar-refractivity contribution in [1.82, 2.24) is 24.5 Å². The van der Waals surface area contributed by atoms with Gasteiger partial charge in [0.1, 0.15) is 17.0 Å². The highest BCUT2D eigenvalue weighted by atomic mass is 16.3. The van der Waals surface area contributed by atoms with Crippen LogP contribution in [0.25, 0.3) is 95.3 Å². The lowest BCUT2D eigenvalue weighted by atomic mass is 9.97. The van der Waals surface area contributed by atoms with Crippen LogP contribution in [0.4, 0.5) is 0 Å². The Morgan fingerprint density at radius 2 is 1.00 bits per heavy atom. The number of fused-ring (bicyclic) bond motifs is 4. The van der Waals surface area contributed by atoms with Gasteiger partial charge in [0.2, 0.25) is 0 Å². The molecule has 0 fully saturated rings. The molecule has 3 aromatic heterocycles. The first-order valence-electron chi connectivity index (χ1n) is 17.2. The molecule has 0 radical (unpaired) electrons. The minimum Gasteiger partial charge on any atom is -0.456 e. The van der Waals surface area contributed by atoms with E-state index in [0.717, 1.165) is 77.9 Å². The van der Waals surface area contributed by atoms with Gasteiger partial charge in [-0.25, -0.2) is 19.9 Å². The summed E-state index contributed by atoms with van der Waals surface area (Å²) in [5, 5.41) is 1.97. The fourth-order valence-corrected chi connectivity index (χ4v) is 7.02. The van der Waals surface area contributed by atoms with Crippen LogP contribution in [0, 0.1) is 0 Å². The predicted octanol–water partition coefficient (Wildman–Crippen LogP) is 11.4. The molecule has 52 heavy (non-hydrogen) atoms. The standard InChI is InChI=1S/C46H29N5O/c1-4-15-30(16-5-1)43-48-44(31-17-6-2-7-18-31)50-45(49-43)37-28-34(29-41-42(37)36-23-10-13-26-40(36)52-41)32-19-14-20-33(27-32)46-47-38-24-11-12-25-39(38)51(46)35-21-8-3-9-22-35/h1-29H. The van der Waals surface area contributed by atoms with Gasteiger partial charge in [0.15, 0.2) is 17.5 Å². The molecule has 10 rings (SSSR count). The van der Waals surface area contributed by atoms with E-state index in [4.69, 9.17) is 24.4 Å². The van der Waals surface area contributed by atoms with Gasteiger partial charge in [-0.15, -0.1) is 0 Å². The van der Waals surface area contributed by atoms with Gasteiger partial charge in [-0.05, 0) is 59.7 Å². The minimum absolute atomic E-state index is 0.577. The van der Waals surface area contributed by atoms with Crippen molar-refractivity contribution < 1.29 is 4.42 Å². The van der Waals surface area contributed by atoms with Crippen molar-refractivity contribution >= 4 is 33.0 Å². The van der Waals surface area contributed by atoms with Crippen molar-refractivity contribution in [3.05, 3.63) is 176 Å². The maximum atomic E-state index is 6.55. The Morgan fingerprint density at radius 1 is 0.404 bits per heavy atom. The third-order valence-electron chi connectivity index (χ3n) is 9.45. The molecule has 0 aliphatic carbocycles. The molecule has 0 aliphatic heterocycles. The molecule has 0 saturated carbocycles. The Balaban J connectivity index is 1.20. The Labute approximate surface area is 299 Å². The van der Waals surface area contributed by atoms with Gasteiger partial charge >= 0.3 is 0 Å². The van der Waals surface area contributed by atoms with E-state index >= 15 is 0 Å². The van der Waals surface area contributed by atoms with Crippen molar-refractivity contribution in [2.75, 3.05) is 0 Å². The molecular formula is C46H29N5O. The first-order chi connectivity index (χ1) is 25.8. The second-order valence-electron chi connectivity index (χ2n) is 12.7. The van der Waals surface area contributed by atoms with Crippen molar-refractivity contribution in [2.24, 2.45) is 0 Å². The Kier molecular flexibility index (Phi) is 7.03. The summed E-state index contributed by atoms with van der Waals surface area (Å²) in [7, 11) is 0. The van der Waals surface area contributed by atoms with Crippen molar-refractivity contribution in [3.63, 3.8) is 0 Å². The molecule has 0 atom stereocenters. The maximum absolute atomic E-state index is 6.55. The molecule has 0 aliphatic rings. The highest BCUT2D eigenvalue weighted by Crippen LogP contribution is 2.40. The van der Waals surface area contributed by atoms with E-state index in [0.29, 0.717) is 17.5 Å². The summed E-state index contributed by atoms with van der Waals surface area (Å²) in [5.74, 6) is 2.67. The summed E-state index contributed by atoms with van der Waals surface area (Å²) in [5.41, 5.74) is 10.3. The molecule has 0 bridgehead atoms. The molecule has 0 saturated heterocycles. The summed E-state index contributed by atoms with van der Waals surface area (Å²) in [6, 6.07) is 59.7. The second kappa shape index (κ2) is 12.3. The van der Waals surface area contributed by atoms with E-state index in [1.165, 1.54) is 0 Å². The highest BCUT2D eigenvalue weighted by molar-refractivity contribution is 6.13. The van der Waals surface area contributed by atoms with Crippen LogP contribution in [0.15, 0.2) is 180 Å². The van der Waals surface area contributed by atoms with E-state index in [-0.39, 0.29) is 0 Å². The summed E-state index contributed by atoms with van der Waals surface area (Å²) in [4.78, 5) is 20.3. The number of rotatable bonds is 6. The van der Waals surface area contributed by atoms with Crippen molar-refractivity contribution in [2.45, 2.75) is 0 Å². The normalized spacial score (nSPS) is 11.5. The van der Waals surface area contributed by atoms with Gasteiger partial charge in [-0.1, -0.05) is 127 Å². The first kappa shape index (κ1) is 29.7. The summed E-state index contributed by atoms with van der Waals surface area (Å²) >= 11 is 0. The van der Waals surface area contributed by atoms with Crippen LogP contribution in [0.1, 0.15) is 0 Å². The van der Waals surface area contributed by atoms with Crippen LogP contribution < -0.4 is 0 Å². The van der Waals surface area contributed by atoms with Gasteiger partial charge in [0, 0.05) is 38.7 Å². The van der Waals surface area contributed by atoms with E-state index in [1.54, 1.807) is 0 Å². The summed E-state index contributed by atoms with van der Waals surface area (Å²) in [6.07, 6.45) is 0. The van der Waals surface area contributed by atoms with Crippen LogP contribution in [-0.4, -0.2) is 24.5 Å². The third-order valence-corrected chi connectivity index (χ3v) is 9.45. The molecule has 7 aromatic carbocycles. The largest absolute Gasteiger partial charge is 0.456 e. The number of furan rings is 1. The zero-order valence-corrected chi connectivity index (χ0v) is 27.9. The molecule has 6 heteroatoms. The number of imidazole rings is 1. The van der Waals surface area contributed by atoms with Crippen LogP contribution >= 0.6 is 0 Å². The molecule has 244 valence electrons. The number of benzene rings is 7. The van der Waals surface area contributed by atoms with Crippen LogP contribution in [0.2, 0.25) is 0 Å². The van der Waals surface area contributed by atoms with Gasteiger partial charge in [-0.2, -0.15) is 0 Å². The monoisotopic (exact) mass is 667 g/mol. The SMILES string of the molecule is c1ccc(-c2nc(-c3ccccc3)nc(-c3cc(-c4cccc(-c5nc6ccccc6n5-c5ccccc5)c4)cc4oc5ccccc5c34)n2)cc1. The molecule has 3 heterocycles. The third kappa shape index (κ3) is 5.13. The Bertz CT molecular complexity index is 2840. The summed E-state index contributed by atoms with van der Waals surface area (Å²) < 4.78 is 8.78. The molecule has 0 spiro atoms. The zero-order valence-electron chi connectivity index (χ0n) is 27.9. The minimum atomic E-state index is 0.577. The van der Waals surface area contributed by atoms with E-state index in [9.17, 15) is 0 Å². The fraction of sp³-hybridized carbons (Fsp3) is 0. The fourth-order valence-electron chi connectivity index (χ4n) is 7.02. The lowest BCUT2D eigenvalue weighted by Gasteiger charge is -2.12. The van der Waals surface area contributed by atoms with Crippen molar-refractivity contribution in [3.8, 4) is 62.4 Å². The van der Waals surface area contributed by atoms with E-state index in [2.05, 4.69) is 89.5 Å². The number of hydrogen-bond donors (Lipinski definition) is 0. The topological polar surface area (TPSA) is 69.6 Å². The molecular weight excluding hydrogens is 639 g/mol. The number of aromatic nitrogens is 5. The van der Waals surface area contributed by atoms with Crippen molar-refractivity contribution in [1.29, 1.82) is 0 Å². The summed E-state index contributed by atoms with van der Waals surface area (Å²) in [6.45, 7) is 0. The zero-order chi connectivity index (χ0) is 34.4. The first-order valence-corrected chi connectivity index (χ1v) is 17.2. The number of nitrogens with zero attached hydrogens (tertiary/aromatic N) is 5. The average molecular weight is 668 g/mol. The Morgan fingerprint density at radius 3 is 1.75 bits per heavy atom. The number of para-hydroxylation sites is 4. The van der Waals surface area contributed by atoms with Gasteiger partial charge < -0.3 is 4.42 Å². The smallest absolute Gasteiger partial charge is 0.164 e. The van der Waals surface area contributed by atoms with Crippen LogP contribution in [-0.2, 0) is 0 Å². The quantitative estimate of drug-likeness (QED) is 0.176. The average Bonchev–Trinajstić information content (AvgIpc) is 3.80. The highest BCUT2D eigenvalue weighted by Gasteiger charge is 2.21. The Hall–Kier alpha value is -7.18. The van der Waals surface area contributed by atoms with Crippen LogP contribution in [0.3, 0.4) is 0 Å². The molecule has 0 unspecified atom stereocenters. The lowest BCUT2D eigenvalue weighted by molar-refractivity contribution is 0.669. The van der Waals surface area contributed by atoms with Gasteiger partial charge in [0.25, 0.3) is 0 Å². The lowest BCUT2D eigenvalue weighted by Crippen LogP contribution is -2.00. The molecule has 10 aromatic rings. The van der Waals surface area contributed by atoms with Crippen LogP contribution in [0.5, 0.6) is 0 Å². The number of hydrogen-bond acceptors (Lipinski definition) is 5. The molecule has 0 amide bonds. The van der Waals surface area contributed by atoms with Gasteiger partial charge in [-0.3, -0.25) is 4.57 Å². The molecule has 0 N–H and O–H groups in total. The maximum Gasteiger partial charge on any atom is 0.164 e. The molecule has 6 nitrogen and oxygen atoms in total.